The number of carbonyl (C=O) groups excluding carboxylic acids is 1. The molecule has 2 atom stereocenters. The van der Waals surface area contributed by atoms with Crippen LogP contribution >= 0.6 is 15.9 Å². The lowest BCUT2D eigenvalue weighted by molar-refractivity contribution is -0.141. The third-order valence-corrected chi connectivity index (χ3v) is 2.47. The van der Waals surface area contributed by atoms with Crippen LogP contribution in [0.4, 0.5) is 0 Å². The second-order valence-corrected chi connectivity index (χ2v) is 3.64. The molecule has 0 N–H and O–H groups in total. The van der Waals surface area contributed by atoms with Crippen LogP contribution in [0.1, 0.15) is 20.3 Å². The van der Waals surface area contributed by atoms with E-state index in [4.69, 9.17) is 4.74 Å². The van der Waals surface area contributed by atoms with E-state index in [1.54, 1.807) is 4.99 Å². The van der Waals surface area contributed by atoms with Gasteiger partial charge in [0.25, 0.3) is 0 Å². The largest absolute Gasteiger partial charge is 0.462 e. The van der Waals surface area contributed by atoms with Gasteiger partial charge in [0, 0.05) is 5.41 Å². The highest BCUT2D eigenvalue weighted by atomic mass is 79.9. The maximum Gasteiger partial charge on any atom is 0.307 e. The van der Waals surface area contributed by atoms with Gasteiger partial charge in [0.1, 0.15) is 6.10 Å². The van der Waals surface area contributed by atoms with Crippen molar-refractivity contribution in [1.29, 1.82) is 0 Å². The molecule has 2 nitrogen and oxygen atoms in total. The second kappa shape index (κ2) is 2.97. The highest BCUT2D eigenvalue weighted by Crippen LogP contribution is 2.36. The fourth-order valence-electron chi connectivity index (χ4n) is 1.17. The van der Waals surface area contributed by atoms with Crippen LogP contribution in [0.25, 0.3) is 0 Å². The predicted molar refractivity (Wildman–Crippen MR) is 46.3 cm³/mol. The van der Waals surface area contributed by atoms with Crippen molar-refractivity contribution in [2.24, 2.45) is 5.41 Å². The number of cyclic esters (lactones) is 1. The predicted octanol–water partition coefficient (Wildman–Crippen LogP) is 2.24. The molecule has 0 aromatic carbocycles. The summed E-state index contributed by atoms with van der Waals surface area (Å²) in [5.74, 6) is -0.106. The molecule has 1 heterocycles. The Bertz CT molecular complexity index is 200. The van der Waals surface area contributed by atoms with Gasteiger partial charge in [-0.05, 0) is 11.9 Å². The van der Waals surface area contributed by atoms with Crippen molar-refractivity contribution in [2.75, 3.05) is 0 Å². The molecule has 1 rings (SSSR count). The molecule has 1 aliphatic heterocycles. The molecular formula is C8H11BrO2. The highest BCUT2D eigenvalue weighted by molar-refractivity contribution is 9.11. The minimum Gasteiger partial charge on any atom is -0.462 e. The van der Waals surface area contributed by atoms with Gasteiger partial charge in [-0.3, -0.25) is 4.79 Å². The number of rotatable bonds is 1. The number of hydrogen-bond donors (Lipinski definition) is 0. The summed E-state index contributed by atoms with van der Waals surface area (Å²) in [6.07, 6.45) is 2.43. The summed E-state index contributed by atoms with van der Waals surface area (Å²) in [5.41, 5.74) is -0.124. The van der Waals surface area contributed by atoms with E-state index < -0.39 is 0 Å². The molecule has 0 spiro atoms. The van der Waals surface area contributed by atoms with Crippen LogP contribution < -0.4 is 0 Å². The number of hydrogen-bond acceptors (Lipinski definition) is 2. The Morgan fingerprint density at radius 3 is 2.82 bits per heavy atom. The Hall–Kier alpha value is -0.310. The van der Waals surface area contributed by atoms with E-state index in [9.17, 15) is 4.79 Å². The van der Waals surface area contributed by atoms with E-state index in [1.807, 2.05) is 19.9 Å². The van der Waals surface area contributed by atoms with Gasteiger partial charge in [0.2, 0.25) is 0 Å². The van der Waals surface area contributed by atoms with Gasteiger partial charge in [-0.1, -0.05) is 28.9 Å². The van der Waals surface area contributed by atoms with E-state index >= 15 is 0 Å². The van der Waals surface area contributed by atoms with Crippen molar-refractivity contribution in [2.45, 2.75) is 26.4 Å². The molecule has 1 saturated heterocycles. The van der Waals surface area contributed by atoms with Gasteiger partial charge in [-0.2, -0.15) is 0 Å². The standard InChI is InChI=1S/C8H11BrO2/c1-6-8(2,3-4-9)5-7(10)11-6/h3-4,6H,5H2,1-2H3. The van der Waals surface area contributed by atoms with Gasteiger partial charge < -0.3 is 4.74 Å². The lowest BCUT2D eigenvalue weighted by atomic mass is 9.84. The molecule has 0 aromatic heterocycles. The average molecular weight is 219 g/mol. The molecule has 2 unspecified atom stereocenters. The molecule has 0 aromatic rings. The van der Waals surface area contributed by atoms with Crippen molar-refractivity contribution >= 4 is 21.9 Å². The topological polar surface area (TPSA) is 26.3 Å². The third kappa shape index (κ3) is 1.64. The summed E-state index contributed by atoms with van der Waals surface area (Å²) >= 11 is 3.19. The van der Waals surface area contributed by atoms with Gasteiger partial charge in [0.05, 0.1) is 6.42 Å². The second-order valence-electron chi connectivity index (χ2n) is 3.11. The first-order valence-corrected chi connectivity index (χ1v) is 4.47. The first-order chi connectivity index (χ1) is 5.08. The van der Waals surface area contributed by atoms with Crippen molar-refractivity contribution in [3.63, 3.8) is 0 Å². The lowest BCUT2D eigenvalue weighted by Gasteiger charge is -2.20. The number of halogens is 1. The summed E-state index contributed by atoms with van der Waals surface area (Å²) in [6.45, 7) is 3.93. The fourth-order valence-corrected chi connectivity index (χ4v) is 1.77. The van der Waals surface area contributed by atoms with E-state index in [2.05, 4.69) is 15.9 Å². The summed E-state index contributed by atoms with van der Waals surface area (Å²) < 4.78 is 5.02. The molecule has 0 radical (unpaired) electrons. The average Bonchev–Trinajstić information content (AvgIpc) is 2.08. The monoisotopic (exact) mass is 218 g/mol. The molecular weight excluding hydrogens is 208 g/mol. The summed E-state index contributed by atoms with van der Waals surface area (Å²) in [7, 11) is 0. The SMILES string of the molecule is CC1OC(=O)CC1(C)C=CBr. The molecule has 1 aliphatic rings. The van der Waals surface area contributed by atoms with Crippen molar-refractivity contribution < 1.29 is 9.53 Å². The number of ether oxygens (including phenoxy) is 1. The van der Waals surface area contributed by atoms with Crippen LogP contribution in [0.15, 0.2) is 11.1 Å². The van der Waals surface area contributed by atoms with Gasteiger partial charge >= 0.3 is 5.97 Å². The minimum absolute atomic E-state index is 0.0104. The normalized spacial score (nSPS) is 38.1. The van der Waals surface area contributed by atoms with Gasteiger partial charge in [0.15, 0.2) is 0 Å². The first kappa shape index (κ1) is 8.78. The zero-order valence-corrected chi connectivity index (χ0v) is 8.22. The third-order valence-electron chi connectivity index (χ3n) is 2.21. The van der Waals surface area contributed by atoms with Crippen LogP contribution in [0.3, 0.4) is 0 Å². The van der Waals surface area contributed by atoms with Crippen molar-refractivity contribution in [1.82, 2.24) is 0 Å². The molecule has 1 fully saturated rings. The van der Waals surface area contributed by atoms with E-state index in [-0.39, 0.29) is 17.5 Å². The summed E-state index contributed by atoms with van der Waals surface area (Å²) in [6, 6.07) is 0. The van der Waals surface area contributed by atoms with Crippen molar-refractivity contribution in [3.8, 4) is 0 Å². The molecule has 3 heteroatoms. The van der Waals surface area contributed by atoms with Crippen LogP contribution in [0.5, 0.6) is 0 Å². The van der Waals surface area contributed by atoms with Crippen molar-refractivity contribution in [3.05, 3.63) is 11.1 Å². The molecule has 11 heavy (non-hydrogen) atoms. The Morgan fingerprint density at radius 1 is 1.82 bits per heavy atom. The highest BCUT2D eigenvalue weighted by Gasteiger charge is 2.40. The smallest absolute Gasteiger partial charge is 0.307 e. The number of carbonyl (C=O) groups is 1. The zero-order valence-electron chi connectivity index (χ0n) is 6.63. The van der Waals surface area contributed by atoms with Crippen LogP contribution in [-0.2, 0) is 9.53 Å². The summed E-state index contributed by atoms with van der Waals surface area (Å²) in [4.78, 5) is 12.7. The van der Waals surface area contributed by atoms with E-state index in [0.717, 1.165) is 0 Å². The van der Waals surface area contributed by atoms with E-state index in [1.165, 1.54) is 0 Å². The van der Waals surface area contributed by atoms with Gasteiger partial charge in [-0.25, -0.2) is 0 Å². The quantitative estimate of drug-likeness (QED) is 0.632. The van der Waals surface area contributed by atoms with Gasteiger partial charge in [-0.15, -0.1) is 0 Å². The summed E-state index contributed by atoms with van der Waals surface area (Å²) in [5, 5.41) is 0. The van der Waals surface area contributed by atoms with Crippen LogP contribution in [0.2, 0.25) is 0 Å². The maximum atomic E-state index is 10.9. The zero-order chi connectivity index (χ0) is 8.48. The molecule has 62 valence electrons. The molecule has 0 amide bonds. The van der Waals surface area contributed by atoms with E-state index in [0.29, 0.717) is 6.42 Å². The number of esters is 1. The molecule has 0 bridgehead atoms. The Kier molecular flexibility index (Phi) is 2.37. The maximum absolute atomic E-state index is 10.9. The molecule has 0 aliphatic carbocycles. The van der Waals surface area contributed by atoms with Crippen LogP contribution in [-0.4, -0.2) is 12.1 Å². The molecule has 0 saturated carbocycles. The Balaban J connectivity index is 2.78. The Morgan fingerprint density at radius 2 is 2.45 bits per heavy atom. The first-order valence-electron chi connectivity index (χ1n) is 3.56. The Labute approximate surface area is 74.7 Å². The minimum atomic E-state index is -0.124. The fraction of sp³-hybridized carbons (Fsp3) is 0.625. The van der Waals surface area contributed by atoms with Crippen LogP contribution in [0, 0.1) is 5.41 Å². The lowest BCUT2D eigenvalue weighted by Crippen LogP contribution is -2.21.